The predicted octanol–water partition coefficient (Wildman–Crippen LogP) is 3.13. The highest BCUT2D eigenvalue weighted by molar-refractivity contribution is 5.88. The molecular weight excluding hydrogens is 360 g/mol. The van der Waals surface area contributed by atoms with Gasteiger partial charge in [-0.05, 0) is 32.3 Å². The summed E-state index contributed by atoms with van der Waals surface area (Å²) in [6.07, 6.45) is 0.0181. The van der Waals surface area contributed by atoms with Gasteiger partial charge in [-0.15, -0.1) is 0 Å². The Morgan fingerprint density at radius 2 is 1.75 bits per heavy atom. The third kappa shape index (κ3) is 8.41. The highest BCUT2D eigenvalue weighted by atomic mass is 16.6. The van der Waals surface area contributed by atoms with E-state index in [1.165, 1.54) is 11.9 Å². The van der Waals surface area contributed by atoms with Gasteiger partial charge in [-0.2, -0.15) is 0 Å². The van der Waals surface area contributed by atoms with Crippen LogP contribution in [0.5, 0.6) is 0 Å². The molecule has 156 valence electrons. The predicted molar refractivity (Wildman–Crippen MR) is 106 cm³/mol. The molecule has 2 amide bonds. The lowest BCUT2D eigenvalue weighted by molar-refractivity contribution is -0.150. The lowest BCUT2D eigenvalue weighted by Gasteiger charge is -2.29. The van der Waals surface area contributed by atoms with Gasteiger partial charge in [0.05, 0.1) is 0 Å². The van der Waals surface area contributed by atoms with Gasteiger partial charge < -0.3 is 19.7 Å². The third-order valence-corrected chi connectivity index (χ3v) is 4.14. The van der Waals surface area contributed by atoms with Crippen molar-refractivity contribution < 1.29 is 23.9 Å². The van der Waals surface area contributed by atoms with Gasteiger partial charge in [-0.3, -0.25) is 9.59 Å². The quantitative estimate of drug-likeness (QED) is 0.687. The van der Waals surface area contributed by atoms with Gasteiger partial charge >= 0.3 is 12.1 Å². The van der Waals surface area contributed by atoms with Crippen molar-refractivity contribution in [3.63, 3.8) is 0 Å². The maximum absolute atomic E-state index is 12.8. The van der Waals surface area contributed by atoms with Crippen LogP contribution in [0.3, 0.4) is 0 Å². The van der Waals surface area contributed by atoms with Gasteiger partial charge in [0.2, 0.25) is 5.91 Å². The van der Waals surface area contributed by atoms with Crippen LogP contribution in [0, 0.1) is 5.92 Å². The van der Waals surface area contributed by atoms with E-state index in [-0.39, 0.29) is 25.0 Å². The number of carbonyl (C=O) groups excluding carboxylic acids is 3. The van der Waals surface area contributed by atoms with E-state index in [4.69, 9.17) is 9.47 Å². The standard InChI is InChI=1S/C21H32N2O5/c1-7-15(2)18(22-20(26)28-21(3,4)5)19(25)23(6)13-17(24)27-14-16-11-9-8-10-12-16/h8-12,15,18H,7,13-14H2,1-6H3,(H,22,26). The summed E-state index contributed by atoms with van der Waals surface area (Å²) in [5.74, 6) is -1.00. The smallest absolute Gasteiger partial charge is 0.408 e. The highest BCUT2D eigenvalue weighted by Crippen LogP contribution is 2.13. The van der Waals surface area contributed by atoms with Crippen molar-refractivity contribution in [2.75, 3.05) is 13.6 Å². The minimum atomic E-state index is -0.785. The number of hydrogen-bond donors (Lipinski definition) is 1. The summed E-state index contributed by atoms with van der Waals surface area (Å²) in [6.45, 7) is 8.99. The maximum Gasteiger partial charge on any atom is 0.408 e. The van der Waals surface area contributed by atoms with Crippen LogP contribution in [0.2, 0.25) is 0 Å². The lowest BCUT2D eigenvalue weighted by Crippen LogP contribution is -2.52. The summed E-state index contributed by atoms with van der Waals surface area (Å²) in [6, 6.07) is 8.52. The summed E-state index contributed by atoms with van der Waals surface area (Å²) in [5.41, 5.74) is 0.203. The molecule has 7 nitrogen and oxygen atoms in total. The summed E-state index contributed by atoms with van der Waals surface area (Å²) >= 11 is 0. The Morgan fingerprint density at radius 3 is 2.29 bits per heavy atom. The largest absolute Gasteiger partial charge is 0.459 e. The van der Waals surface area contributed by atoms with Crippen LogP contribution in [-0.2, 0) is 25.7 Å². The summed E-state index contributed by atoms with van der Waals surface area (Å²) < 4.78 is 10.5. The molecule has 0 aliphatic heterocycles. The summed E-state index contributed by atoms with van der Waals surface area (Å²) in [5, 5.41) is 2.63. The maximum atomic E-state index is 12.8. The second-order valence-corrected chi connectivity index (χ2v) is 7.85. The molecule has 0 aliphatic carbocycles. The Balaban J connectivity index is 2.65. The van der Waals surface area contributed by atoms with Crippen LogP contribution in [-0.4, -0.2) is 48.1 Å². The van der Waals surface area contributed by atoms with Gasteiger partial charge in [0.25, 0.3) is 0 Å². The first kappa shape index (κ1) is 23.5. The van der Waals surface area contributed by atoms with Gasteiger partial charge in [0.1, 0.15) is 24.8 Å². The number of rotatable bonds is 8. The molecule has 7 heteroatoms. The van der Waals surface area contributed by atoms with Crippen molar-refractivity contribution in [3.8, 4) is 0 Å². The molecule has 28 heavy (non-hydrogen) atoms. The molecule has 0 fully saturated rings. The van der Waals surface area contributed by atoms with Crippen molar-refractivity contribution >= 4 is 18.0 Å². The monoisotopic (exact) mass is 392 g/mol. The zero-order chi connectivity index (χ0) is 21.3. The number of esters is 1. The molecule has 0 heterocycles. The third-order valence-electron chi connectivity index (χ3n) is 4.14. The fourth-order valence-electron chi connectivity index (χ4n) is 2.41. The van der Waals surface area contributed by atoms with E-state index in [1.807, 2.05) is 44.2 Å². The molecule has 0 saturated heterocycles. The van der Waals surface area contributed by atoms with Crippen molar-refractivity contribution in [3.05, 3.63) is 35.9 Å². The van der Waals surface area contributed by atoms with E-state index in [2.05, 4.69) is 5.32 Å². The summed E-state index contributed by atoms with van der Waals surface area (Å²) in [4.78, 5) is 38.2. The first-order chi connectivity index (χ1) is 13.0. The normalized spacial score (nSPS) is 13.2. The van der Waals surface area contributed by atoms with Crippen molar-refractivity contribution in [1.29, 1.82) is 0 Å². The second-order valence-electron chi connectivity index (χ2n) is 7.85. The summed E-state index contributed by atoms with van der Waals surface area (Å²) in [7, 11) is 1.51. The van der Waals surface area contributed by atoms with Crippen molar-refractivity contribution in [1.82, 2.24) is 10.2 Å². The van der Waals surface area contributed by atoms with Crippen LogP contribution < -0.4 is 5.32 Å². The Bertz CT molecular complexity index is 655. The van der Waals surface area contributed by atoms with Gasteiger partial charge in [-0.1, -0.05) is 50.6 Å². The van der Waals surface area contributed by atoms with E-state index in [9.17, 15) is 14.4 Å². The number of likely N-dealkylation sites (N-methyl/N-ethyl adjacent to an activating group) is 1. The molecule has 0 spiro atoms. The first-order valence-corrected chi connectivity index (χ1v) is 9.47. The first-order valence-electron chi connectivity index (χ1n) is 9.47. The van der Waals surface area contributed by atoms with Gasteiger partial charge in [0, 0.05) is 7.05 Å². The van der Waals surface area contributed by atoms with E-state index in [0.29, 0.717) is 6.42 Å². The number of alkyl carbamates (subject to hydrolysis) is 1. The molecule has 0 saturated carbocycles. The molecular formula is C21H32N2O5. The number of amides is 2. The van der Waals surface area contributed by atoms with Crippen molar-refractivity contribution in [2.45, 2.75) is 59.3 Å². The van der Waals surface area contributed by atoms with E-state index < -0.39 is 23.7 Å². The van der Waals surface area contributed by atoms with Crippen LogP contribution in [0.25, 0.3) is 0 Å². The number of benzene rings is 1. The van der Waals surface area contributed by atoms with E-state index in [1.54, 1.807) is 20.8 Å². The Hall–Kier alpha value is -2.57. The number of hydrogen-bond acceptors (Lipinski definition) is 5. The molecule has 0 aliphatic rings. The van der Waals surface area contributed by atoms with Crippen molar-refractivity contribution in [2.24, 2.45) is 5.92 Å². The minimum absolute atomic E-state index is 0.122. The average Bonchev–Trinajstić information content (AvgIpc) is 2.62. The SMILES string of the molecule is CCC(C)C(NC(=O)OC(C)(C)C)C(=O)N(C)CC(=O)OCc1ccccc1. The second kappa shape index (κ2) is 10.7. The molecule has 0 aromatic heterocycles. The number of ether oxygens (including phenoxy) is 2. The molecule has 2 unspecified atom stereocenters. The molecule has 0 bridgehead atoms. The zero-order valence-electron chi connectivity index (χ0n) is 17.7. The Morgan fingerprint density at radius 1 is 1.14 bits per heavy atom. The molecule has 1 N–H and O–H groups in total. The molecule has 1 aromatic carbocycles. The minimum Gasteiger partial charge on any atom is -0.459 e. The van der Waals surface area contributed by atoms with Crippen LogP contribution in [0.15, 0.2) is 30.3 Å². The topological polar surface area (TPSA) is 84.9 Å². The van der Waals surface area contributed by atoms with Gasteiger partial charge in [0.15, 0.2) is 0 Å². The lowest BCUT2D eigenvalue weighted by atomic mass is 9.98. The van der Waals surface area contributed by atoms with E-state index in [0.717, 1.165) is 5.56 Å². The van der Waals surface area contributed by atoms with E-state index >= 15 is 0 Å². The van der Waals surface area contributed by atoms with Crippen LogP contribution in [0.4, 0.5) is 4.79 Å². The highest BCUT2D eigenvalue weighted by Gasteiger charge is 2.31. The molecule has 1 rings (SSSR count). The number of carbonyl (C=O) groups is 3. The number of nitrogens with one attached hydrogen (secondary N) is 1. The molecule has 0 radical (unpaired) electrons. The average molecular weight is 392 g/mol. The van der Waals surface area contributed by atoms with Gasteiger partial charge in [-0.25, -0.2) is 4.79 Å². The van der Waals surface area contributed by atoms with Crippen LogP contribution >= 0.6 is 0 Å². The Kier molecular flexibility index (Phi) is 8.96. The zero-order valence-corrected chi connectivity index (χ0v) is 17.7. The molecule has 1 aromatic rings. The van der Waals surface area contributed by atoms with Crippen LogP contribution in [0.1, 0.15) is 46.6 Å². The fourth-order valence-corrected chi connectivity index (χ4v) is 2.41. The number of nitrogens with zero attached hydrogens (tertiary/aromatic N) is 1. The molecule has 2 atom stereocenters. The Labute approximate surface area is 167 Å². The fraction of sp³-hybridized carbons (Fsp3) is 0.571.